The Kier molecular flexibility index (Phi) is 6.43. The van der Waals surface area contributed by atoms with Crippen LogP contribution in [-0.4, -0.2) is 68.8 Å². The first-order valence-electron chi connectivity index (χ1n) is 11.2. The molecule has 2 atom stereocenters. The maximum Gasteiger partial charge on any atom is 0.170 e. The Morgan fingerprint density at radius 1 is 1.00 bits per heavy atom. The molecule has 7 nitrogen and oxygen atoms in total. The molecule has 5 heterocycles. The molecule has 0 aliphatic carbocycles. The number of morpholine rings is 1. The highest BCUT2D eigenvalue weighted by Crippen LogP contribution is 2.39. The van der Waals surface area contributed by atoms with Gasteiger partial charge in [0.2, 0.25) is 0 Å². The molecule has 2 fully saturated rings. The number of pyridine rings is 2. The van der Waals surface area contributed by atoms with Crippen LogP contribution in [0.4, 0.5) is 0 Å². The molecular formula is C24H28N6OS. The van der Waals surface area contributed by atoms with Crippen molar-refractivity contribution in [2.24, 2.45) is 0 Å². The van der Waals surface area contributed by atoms with Crippen molar-refractivity contribution in [3.05, 3.63) is 78.6 Å². The van der Waals surface area contributed by atoms with E-state index in [0.717, 1.165) is 62.3 Å². The first kappa shape index (κ1) is 21.1. The summed E-state index contributed by atoms with van der Waals surface area (Å²) in [6.45, 7) is 5.61. The first-order chi connectivity index (χ1) is 15.8. The summed E-state index contributed by atoms with van der Waals surface area (Å²) in [6, 6.07) is 14.4. The minimum absolute atomic E-state index is 0.0115. The molecule has 0 bridgehead atoms. The fourth-order valence-electron chi connectivity index (χ4n) is 4.63. The van der Waals surface area contributed by atoms with Gasteiger partial charge in [-0.1, -0.05) is 6.07 Å². The zero-order chi connectivity index (χ0) is 21.8. The molecule has 0 saturated carbocycles. The van der Waals surface area contributed by atoms with Crippen LogP contribution in [0.1, 0.15) is 29.9 Å². The largest absolute Gasteiger partial charge is 0.379 e. The van der Waals surface area contributed by atoms with Crippen molar-refractivity contribution in [1.29, 1.82) is 0 Å². The smallest absolute Gasteiger partial charge is 0.170 e. The maximum absolute atomic E-state index is 5.83. The predicted molar refractivity (Wildman–Crippen MR) is 128 cm³/mol. The van der Waals surface area contributed by atoms with E-state index in [9.17, 15) is 0 Å². The van der Waals surface area contributed by atoms with Crippen LogP contribution >= 0.6 is 12.2 Å². The molecule has 0 aromatic carbocycles. The summed E-state index contributed by atoms with van der Waals surface area (Å²) in [5.74, 6) is 0. The summed E-state index contributed by atoms with van der Waals surface area (Å²) < 4.78 is 7.71. The molecule has 2 saturated heterocycles. The molecule has 2 aliphatic rings. The average Bonchev–Trinajstić information content (AvgIpc) is 3.45. The number of nitrogens with one attached hydrogen (secondary N) is 1. The van der Waals surface area contributed by atoms with Gasteiger partial charge in [-0.15, -0.1) is 0 Å². The van der Waals surface area contributed by atoms with Crippen LogP contribution in [-0.2, 0) is 4.74 Å². The monoisotopic (exact) mass is 448 g/mol. The van der Waals surface area contributed by atoms with E-state index in [1.165, 1.54) is 5.69 Å². The highest BCUT2D eigenvalue weighted by atomic mass is 32.1. The van der Waals surface area contributed by atoms with Crippen LogP contribution in [0, 0.1) is 0 Å². The van der Waals surface area contributed by atoms with Crippen LogP contribution in [0.2, 0.25) is 0 Å². The van der Waals surface area contributed by atoms with Crippen molar-refractivity contribution < 1.29 is 4.74 Å². The van der Waals surface area contributed by atoms with Crippen molar-refractivity contribution in [3.8, 4) is 5.69 Å². The van der Waals surface area contributed by atoms with E-state index in [1.54, 1.807) is 0 Å². The zero-order valence-corrected chi connectivity index (χ0v) is 18.8. The lowest BCUT2D eigenvalue weighted by Crippen LogP contribution is -2.39. The van der Waals surface area contributed by atoms with Crippen LogP contribution in [0.25, 0.3) is 5.69 Å². The number of rotatable bonds is 7. The zero-order valence-electron chi connectivity index (χ0n) is 18.0. The Bertz CT molecular complexity index is 1020. The van der Waals surface area contributed by atoms with Gasteiger partial charge in [-0.2, -0.15) is 0 Å². The van der Waals surface area contributed by atoms with Crippen molar-refractivity contribution in [2.75, 3.05) is 39.4 Å². The standard InChI is InChI=1S/C24H28N6OS/c32-24-27-22(20-5-1-2-9-26-20)23(30(24)14-4-12-28-15-17-31-18-16-28)21-6-3-13-29(21)19-7-10-25-11-8-19/h1-3,5-11,13,22-23H,4,12,14-18H2,(H,27,32). The van der Waals surface area contributed by atoms with Crippen molar-refractivity contribution in [1.82, 2.24) is 29.7 Å². The lowest BCUT2D eigenvalue weighted by Gasteiger charge is -2.31. The highest BCUT2D eigenvalue weighted by molar-refractivity contribution is 7.80. The van der Waals surface area contributed by atoms with Crippen molar-refractivity contribution >= 4 is 17.3 Å². The third-order valence-electron chi connectivity index (χ3n) is 6.20. The average molecular weight is 449 g/mol. The molecule has 3 aromatic heterocycles. The molecule has 0 amide bonds. The van der Waals surface area contributed by atoms with Gasteiger partial charge in [0.25, 0.3) is 0 Å². The van der Waals surface area contributed by atoms with Gasteiger partial charge in [-0.3, -0.25) is 14.9 Å². The van der Waals surface area contributed by atoms with Gasteiger partial charge in [-0.05, 0) is 55.0 Å². The second kappa shape index (κ2) is 9.77. The normalized spacial score (nSPS) is 21.6. The fourth-order valence-corrected chi connectivity index (χ4v) is 4.96. The molecule has 0 radical (unpaired) electrons. The van der Waals surface area contributed by atoms with Crippen LogP contribution < -0.4 is 5.32 Å². The number of nitrogens with zero attached hydrogens (tertiary/aromatic N) is 5. The summed E-state index contributed by atoms with van der Waals surface area (Å²) in [5, 5.41) is 4.35. The number of ether oxygens (including phenoxy) is 1. The highest BCUT2D eigenvalue weighted by Gasteiger charge is 2.41. The second-order valence-electron chi connectivity index (χ2n) is 8.14. The molecular weight excluding hydrogens is 420 g/mol. The number of aromatic nitrogens is 3. The maximum atomic E-state index is 5.83. The SMILES string of the molecule is S=C1NC(c2ccccn2)C(c2cccn2-c2ccncc2)N1CCCN1CCOCC1. The quantitative estimate of drug-likeness (QED) is 0.558. The lowest BCUT2D eigenvalue weighted by molar-refractivity contribution is 0.0365. The first-order valence-corrected chi connectivity index (χ1v) is 11.6. The molecule has 3 aromatic rings. The van der Waals surface area contributed by atoms with Gasteiger partial charge < -0.3 is 19.5 Å². The topological polar surface area (TPSA) is 58.5 Å². The van der Waals surface area contributed by atoms with Gasteiger partial charge in [0.05, 0.1) is 31.0 Å². The van der Waals surface area contributed by atoms with Gasteiger partial charge in [-0.25, -0.2) is 0 Å². The van der Waals surface area contributed by atoms with Gasteiger partial charge in [0.1, 0.15) is 0 Å². The molecule has 32 heavy (non-hydrogen) atoms. The third kappa shape index (κ3) is 4.39. The summed E-state index contributed by atoms with van der Waals surface area (Å²) in [5.41, 5.74) is 3.27. The number of hydrogen-bond acceptors (Lipinski definition) is 5. The Labute approximate surface area is 194 Å². The molecule has 5 rings (SSSR count). The Hall–Kier alpha value is -2.81. The third-order valence-corrected chi connectivity index (χ3v) is 6.55. The summed E-state index contributed by atoms with van der Waals surface area (Å²) in [7, 11) is 0. The number of thiocarbonyl (C=S) groups is 1. The minimum atomic E-state index is -0.0115. The molecule has 8 heteroatoms. The second-order valence-corrected chi connectivity index (χ2v) is 8.52. The van der Waals surface area contributed by atoms with Crippen LogP contribution in [0.15, 0.2) is 67.3 Å². The van der Waals surface area contributed by atoms with Gasteiger partial charge >= 0.3 is 0 Å². The van der Waals surface area contributed by atoms with E-state index in [-0.39, 0.29) is 12.1 Å². The van der Waals surface area contributed by atoms with Crippen molar-refractivity contribution in [2.45, 2.75) is 18.5 Å². The van der Waals surface area contributed by atoms with E-state index < -0.39 is 0 Å². The van der Waals surface area contributed by atoms with E-state index in [1.807, 2.05) is 42.9 Å². The fraction of sp³-hybridized carbons (Fsp3) is 0.375. The van der Waals surface area contributed by atoms with Crippen LogP contribution in [0.5, 0.6) is 0 Å². The Morgan fingerprint density at radius 3 is 2.62 bits per heavy atom. The molecule has 2 aliphatic heterocycles. The minimum Gasteiger partial charge on any atom is -0.379 e. The Morgan fingerprint density at radius 2 is 1.84 bits per heavy atom. The van der Waals surface area contributed by atoms with Crippen molar-refractivity contribution in [3.63, 3.8) is 0 Å². The van der Waals surface area contributed by atoms with E-state index in [2.05, 4.69) is 54.0 Å². The summed E-state index contributed by atoms with van der Waals surface area (Å²) >= 11 is 5.83. The summed E-state index contributed by atoms with van der Waals surface area (Å²) in [4.78, 5) is 13.6. The van der Waals surface area contributed by atoms with Gasteiger partial charge in [0.15, 0.2) is 5.11 Å². The van der Waals surface area contributed by atoms with Gasteiger partial charge in [0, 0.05) is 62.3 Å². The summed E-state index contributed by atoms with van der Waals surface area (Å²) in [6.07, 6.45) is 8.65. The predicted octanol–water partition coefficient (Wildman–Crippen LogP) is 2.96. The molecule has 2 unspecified atom stereocenters. The number of hydrogen-bond donors (Lipinski definition) is 1. The van der Waals surface area contributed by atoms with E-state index in [0.29, 0.717) is 0 Å². The van der Waals surface area contributed by atoms with Crippen LogP contribution in [0.3, 0.4) is 0 Å². The van der Waals surface area contributed by atoms with E-state index >= 15 is 0 Å². The lowest BCUT2D eigenvalue weighted by atomic mass is 10.0. The van der Waals surface area contributed by atoms with E-state index in [4.69, 9.17) is 17.0 Å². The Balaban J connectivity index is 1.43. The molecule has 166 valence electrons. The molecule has 1 N–H and O–H groups in total. The molecule has 0 spiro atoms.